The average Bonchev–Trinajstić information content (AvgIpc) is 3.12. The maximum Gasteiger partial charge on any atom is 0.129 e. The Balaban J connectivity index is 2.22. The Morgan fingerprint density at radius 2 is 1.77 bits per heavy atom. The summed E-state index contributed by atoms with van der Waals surface area (Å²) in [4.78, 5) is 11.1. The third-order valence-electron chi connectivity index (χ3n) is 6.29. The van der Waals surface area contributed by atoms with Crippen molar-refractivity contribution < 1.29 is 9.53 Å². The first-order valence-corrected chi connectivity index (χ1v) is 12.2. The van der Waals surface area contributed by atoms with Crippen LogP contribution < -0.4 is 0 Å². The highest BCUT2D eigenvalue weighted by atomic mass is 16.5. The molecule has 0 aliphatic heterocycles. The van der Waals surface area contributed by atoms with Crippen LogP contribution in [0.15, 0.2) is 6.20 Å². The fourth-order valence-electron chi connectivity index (χ4n) is 3.80. The molecule has 0 saturated heterocycles. The lowest BCUT2D eigenvalue weighted by Gasteiger charge is -2.32. The fraction of sp³-hybridized carbons (Fsp3) is 0.880. The summed E-state index contributed by atoms with van der Waals surface area (Å²) in [5.74, 6) is 0.300. The van der Waals surface area contributed by atoms with Crippen LogP contribution in [0, 0.1) is 5.41 Å². The number of aromatic nitrogens is 3. The Kier molecular flexibility index (Phi) is 12.5. The standard InChI is InChI=1S/C25H47N3O2/c1-7-14-23-21-28(27-26-23)19-13-12-16-24(4,5)18-20-30-25(6,8-2)17-11-9-10-15-22(3)29/h21H,7-20H2,1-6H3. The molecular formula is C25H47N3O2. The molecule has 1 unspecified atom stereocenters. The van der Waals surface area contributed by atoms with E-state index < -0.39 is 0 Å². The smallest absolute Gasteiger partial charge is 0.129 e. The first kappa shape index (κ1) is 26.8. The Labute approximate surface area is 185 Å². The Morgan fingerprint density at radius 3 is 2.43 bits per heavy atom. The van der Waals surface area contributed by atoms with E-state index in [0.29, 0.717) is 17.6 Å². The number of ketones is 1. The van der Waals surface area contributed by atoms with Gasteiger partial charge in [-0.1, -0.05) is 58.6 Å². The van der Waals surface area contributed by atoms with Gasteiger partial charge in [-0.25, -0.2) is 0 Å². The van der Waals surface area contributed by atoms with Crippen molar-refractivity contribution in [1.82, 2.24) is 15.0 Å². The molecule has 0 amide bonds. The monoisotopic (exact) mass is 421 g/mol. The SMILES string of the molecule is CCCc1cn(CCCCC(C)(C)CCOC(C)(CC)CCCCCC(C)=O)nn1. The zero-order valence-corrected chi connectivity index (χ0v) is 20.6. The van der Waals surface area contributed by atoms with E-state index in [0.717, 1.165) is 76.6 Å². The van der Waals surface area contributed by atoms with Crippen molar-refractivity contribution in [2.45, 2.75) is 131 Å². The van der Waals surface area contributed by atoms with E-state index in [1.165, 1.54) is 12.8 Å². The van der Waals surface area contributed by atoms with E-state index in [-0.39, 0.29) is 5.60 Å². The molecule has 0 fully saturated rings. The minimum Gasteiger partial charge on any atom is -0.375 e. The van der Waals surface area contributed by atoms with Gasteiger partial charge in [-0.05, 0) is 64.2 Å². The number of hydrogen-bond acceptors (Lipinski definition) is 4. The number of ether oxygens (including phenoxy) is 1. The van der Waals surface area contributed by atoms with Gasteiger partial charge in [-0.15, -0.1) is 5.10 Å². The minimum absolute atomic E-state index is 0.0322. The molecule has 0 bridgehead atoms. The van der Waals surface area contributed by atoms with Crippen molar-refractivity contribution in [3.05, 3.63) is 11.9 Å². The van der Waals surface area contributed by atoms with Crippen LogP contribution in [-0.4, -0.2) is 33.0 Å². The molecule has 0 N–H and O–H groups in total. The van der Waals surface area contributed by atoms with Crippen LogP contribution in [0.4, 0.5) is 0 Å². The van der Waals surface area contributed by atoms with Crippen molar-refractivity contribution in [3.63, 3.8) is 0 Å². The summed E-state index contributed by atoms with van der Waals surface area (Å²) < 4.78 is 8.34. The van der Waals surface area contributed by atoms with Gasteiger partial charge in [0.15, 0.2) is 0 Å². The van der Waals surface area contributed by atoms with E-state index in [1.807, 2.05) is 4.68 Å². The van der Waals surface area contributed by atoms with Gasteiger partial charge in [0.1, 0.15) is 5.78 Å². The van der Waals surface area contributed by atoms with Crippen molar-refractivity contribution in [2.24, 2.45) is 5.41 Å². The summed E-state index contributed by atoms with van der Waals surface area (Å²) in [6.07, 6.45) is 15.0. The zero-order chi connectivity index (χ0) is 22.5. The number of hydrogen-bond donors (Lipinski definition) is 0. The second-order valence-electron chi connectivity index (χ2n) is 10.0. The number of aryl methyl sites for hydroxylation is 2. The predicted molar refractivity (Wildman–Crippen MR) is 125 cm³/mol. The van der Waals surface area contributed by atoms with Gasteiger partial charge in [-0.2, -0.15) is 0 Å². The first-order valence-electron chi connectivity index (χ1n) is 12.2. The molecule has 1 atom stereocenters. The van der Waals surface area contributed by atoms with Gasteiger partial charge < -0.3 is 9.53 Å². The van der Waals surface area contributed by atoms with Crippen LogP contribution in [0.2, 0.25) is 0 Å². The molecular weight excluding hydrogens is 374 g/mol. The van der Waals surface area contributed by atoms with Gasteiger partial charge in [0.2, 0.25) is 0 Å². The molecule has 0 aliphatic rings. The molecule has 0 aromatic carbocycles. The highest BCUT2D eigenvalue weighted by molar-refractivity contribution is 5.75. The van der Waals surface area contributed by atoms with Crippen molar-refractivity contribution in [2.75, 3.05) is 6.61 Å². The van der Waals surface area contributed by atoms with Crippen molar-refractivity contribution >= 4 is 5.78 Å². The van der Waals surface area contributed by atoms with Gasteiger partial charge in [0, 0.05) is 25.8 Å². The molecule has 0 spiro atoms. The number of carbonyl (C=O) groups is 1. The number of unbranched alkanes of at least 4 members (excludes halogenated alkanes) is 3. The zero-order valence-electron chi connectivity index (χ0n) is 20.6. The van der Waals surface area contributed by atoms with Gasteiger partial charge in [0.05, 0.1) is 11.3 Å². The van der Waals surface area contributed by atoms with E-state index >= 15 is 0 Å². The highest BCUT2D eigenvalue weighted by Gasteiger charge is 2.24. The van der Waals surface area contributed by atoms with Crippen LogP contribution in [0.3, 0.4) is 0 Å². The fourth-order valence-corrected chi connectivity index (χ4v) is 3.80. The van der Waals surface area contributed by atoms with Crippen LogP contribution in [0.1, 0.15) is 118 Å². The molecule has 174 valence electrons. The number of Topliss-reactive ketones (excluding diaryl/α,β-unsaturated/α-hetero) is 1. The number of nitrogens with zero attached hydrogens (tertiary/aromatic N) is 3. The average molecular weight is 422 g/mol. The molecule has 1 aromatic heterocycles. The summed E-state index contributed by atoms with van der Waals surface area (Å²) in [6.45, 7) is 14.8. The highest BCUT2D eigenvalue weighted by Crippen LogP contribution is 2.30. The van der Waals surface area contributed by atoms with Crippen molar-refractivity contribution in [1.29, 1.82) is 0 Å². The maximum atomic E-state index is 11.1. The lowest BCUT2D eigenvalue weighted by Crippen LogP contribution is -2.29. The summed E-state index contributed by atoms with van der Waals surface area (Å²) in [5.41, 5.74) is 1.37. The molecule has 1 rings (SSSR count). The number of carbonyl (C=O) groups excluding carboxylic acids is 1. The van der Waals surface area contributed by atoms with Crippen LogP contribution in [-0.2, 0) is 22.5 Å². The van der Waals surface area contributed by atoms with E-state index in [2.05, 4.69) is 51.1 Å². The summed E-state index contributed by atoms with van der Waals surface area (Å²) in [7, 11) is 0. The maximum absolute atomic E-state index is 11.1. The van der Waals surface area contributed by atoms with E-state index in [9.17, 15) is 4.79 Å². The van der Waals surface area contributed by atoms with Crippen LogP contribution >= 0.6 is 0 Å². The molecule has 5 heteroatoms. The largest absolute Gasteiger partial charge is 0.375 e. The Bertz CT molecular complexity index is 597. The third kappa shape index (κ3) is 11.8. The van der Waals surface area contributed by atoms with Gasteiger partial charge >= 0.3 is 0 Å². The molecule has 5 nitrogen and oxygen atoms in total. The normalized spacial score (nSPS) is 14.1. The molecule has 0 aliphatic carbocycles. The minimum atomic E-state index is -0.0322. The second-order valence-corrected chi connectivity index (χ2v) is 10.0. The molecule has 0 radical (unpaired) electrons. The number of rotatable bonds is 18. The summed E-state index contributed by atoms with van der Waals surface area (Å²) in [6, 6.07) is 0. The van der Waals surface area contributed by atoms with E-state index in [4.69, 9.17) is 4.74 Å². The molecule has 1 aromatic rings. The quantitative estimate of drug-likeness (QED) is 0.252. The van der Waals surface area contributed by atoms with Gasteiger partial charge in [0.25, 0.3) is 0 Å². The molecule has 30 heavy (non-hydrogen) atoms. The first-order chi connectivity index (χ1) is 14.2. The second kappa shape index (κ2) is 14.0. The van der Waals surface area contributed by atoms with Crippen molar-refractivity contribution in [3.8, 4) is 0 Å². The lowest BCUT2D eigenvalue weighted by molar-refractivity contribution is -0.117. The van der Waals surface area contributed by atoms with Crippen LogP contribution in [0.5, 0.6) is 0 Å². The Morgan fingerprint density at radius 1 is 1.03 bits per heavy atom. The van der Waals surface area contributed by atoms with Gasteiger partial charge in [-0.3, -0.25) is 4.68 Å². The lowest BCUT2D eigenvalue weighted by atomic mass is 9.84. The Hall–Kier alpha value is -1.23. The van der Waals surface area contributed by atoms with Crippen LogP contribution in [0.25, 0.3) is 0 Å². The molecule has 1 heterocycles. The molecule has 0 saturated carbocycles. The predicted octanol–water partition coefficient (Wildman–Crippen LogP) is 6.54. The third-order valence-corrected chi connectivity index (χ3v) is 6.29. The van der Waals surface area contributed by atoms with E-state index in [1.54, 1.807) is 6.92 Å². The summed E-state index contributed by atoms with van der Waals surface area (Å²) in [5, 5.41) is 8.45. The summed E-state index contributed by atoms with van der Waals surface area (Å²) >= 11 is 0. The topological polar surface area (TPSA) is 57.0 Å².